The van der Waals surface area contributed by atoms with Crippen molar-refractivity contribution in [2.45, 2.75) is 89.8 Å². The molecule has 146 valence electrons. The minimum Gasteiger partial charge on any atom is -0.390 e. The standard InChI is InChI=1S/C20H36O5/c1-7-19(5,24)13(21)11-12-18(4)10-8-9-17(2,3)15(18)14(22)16(23)20(12,6)25/h7,12-16,21-25H,1,8-11H2,2-6H3/t12-,13+,14+,15-,16+,18+,19-,20-/m0/s1. The zero-order valence-electron chi connectivity index (χ0n) is 16.2. The Bertz CT molecular complexity index is 512. The first-order valence-corrected chi connectivity index (χ1v) is 9.34. The van der Waals surface area contributed by atoms with Crippen LogP contribution in [0.1, 0.15) is 60.3 Å². The minimum atomic E-state index is -1.56. The maximum Gasteiger partial charge on any atom is 0.109 e. The zero-order chi connectivity index (χ0) is 19.4. The van der Waals surface area contributed by atoms with Crippen LogP contribution in [0, 0.1) is 22.7 Å². The summed E-state index contributed by atoms with van der Waals surface area (Å²) in [5, 5.41) is 53.5. The van der Waals surface area contributed by atoms with Crippen LogP contribution < -0.4 is 0 Å². The topological polar surface area (TPSA) is 101 Å². The summed E-state index contributed by atoms with van der Waals surface area (Å²) in [5.74, 6) is -0.667. The van der Waals surface area contributed by atoms with Gasteiger partial charge in [0.2, 0.25) is 0 Å². The summed E-state index contributed by atoms with van der Waals surface area (Å²) in [6, 6.07) is 0. The van der Waals surface area contributed by atoms with E-state index in [2.05, 4.69) is 20.4 Å². The van der Waals surface area contributed by atoms with Crippen LogP contribution in [-0.2, 0) is 0 Å². The molecule has 2 aliphatic carbocycles. The van der Waals surface area contributed by atoms with Gasteiger partial charge in [-0.25, -0.2) is 0 Å². The molecule has 0 aromatic heterocycles. The molecule has 0 aliphatic heterocycles. The summed E-state index contributed by atoms with van der Waals surface area (Å²) in [6.07, 6.45) is 0.685. The molecule has 0 spiro atoms. The van der Waals surface area contributed by atoms with Gasteiger partial charge in [0.05, 0.1) is 17.8 Å². The lowest BCUT2D eigenvalue weighted by Crippen LogP contribution is -2.70. The number of hydrogen-bond acceptors (Lipinski definition) is 5. The van der Waals surface area contributed by atoms with Gasteiger partial charge in [-0.2, -0.15) is 0 Å². The van der Waals surface area contributed by atoms with Gasteiger partial charge in [0.25, 0.3) is 0 Å². The molecule has 2 aliphatic rings. The maximum absolute atomic E-state index is 11.1. The molecule has 2 rings (SSSR count). The van der Waals surface area contributed by atoms with Gasteiger partial charge in [-0.1, -0.05) is 33.3 Å². The summed E-state index contributed by atoms with van der Waals surface area (Å²) >= 11 is 0. The van der Waals surface area contributed by atoms with Gasteiger partial charge in [0.1, 0.15) is 11.7 Å². The molecule has 0 amide bonds. The van der Waals surface area contributed by atoms with Crippen molar-refractivity contribution in [3.63, 3.8) is 0 Å². The van der Waals surface area contributed by atoms with Crippen molar-refractivity contribution in [1.29, 1.82) is 0 Å². The molecular formula is C20H36O5. The van der Waals surface area contributed by atoms with Crippen molar-refractivity contribution < 1.29 is 25.5 Å². The van der Waals surface area contributed by atoms with Crippen molar-refractivity contribution in [3.8, 4) is 0 Å². The molecule has 8 atom stereocenters. The number of fused-ring (bicyclic) bond motifs is 1. The molecule has 2 saturated carbocycles. The summed E-state index contributed by atoms with van der Waals surface area (Å²) in [4.78, 5) is 0. The van der Waals surface area contributed by atoms with E-state index in [1.54, 1.807) is 0 Å². The quantitative estimate of drug-likeness (QED) is 0.493. The van der Waals surface area contributed by atoms with Crippen LogP contribution in [-0.4, -0.2) is 55.0 Å². The number of aliphatic hydroxyl groups excluding tert-OH is 3. The van der Waals surface area contributed by atoms with Crippen LogP contribution in [0.15, 0.2) is 12.7 Å². The van der Waals surface area contributed by atoms with Gasteiger partial charge in [-0.15, -0.1) is 6.58 Å². The molecule has 5 N–H and O–H groups in total. The SMILES string of the molecule is C=C[C@](C)(O)[C@H](O)C[C@@H]1[C@](C)(O)[C@H](O)[C@H](O)[C@H]2C(C)(C)CCC[C@]12C. The van der Waals surface area contributed by atoms with Crippen molar-refractivity contribution >= 4 is 0 Å². The van der Waals surface area contributed by atoms with E-state index < -0.39 is 40.8 Å². The highest BCUT2D eigenvalue weighted by Gasteiger charge is 2.65. The van der Waals surface area contributed by atoms with E-state index in [1.807, 2.05) is 6.92 Å². The third kappa shape index (κ3) is 3.19. The monoisotopic (exact) mass is 356 g/mol. The van der Waals surface area contributed by atoms with Gasteiger partial charge < -0.3 is 25.5 Å². The van der Waals surface area contributed by atoms with Crippen LogP contribution in [0.3, 0.4) is 0 Å². The van der Waals surface area contributed by atoms with Crippen molar-refractivity contribution in [1.82, 2.24) is 0 Å². The lowest BCUT2D eigenvalue weighted by molar-refractivity contribution is -0.272. The summed E-state index contributed by atoms with van der Waals surface area (Å²) in [5.41, 5.74) is -3.68. The van der Waals surface area contributed by atoms with Crippen LogP contribution in [0.25, 0.3) is 0 Å². The molecule has 2 fully saturated rings. The molecule has 0 heterocycles. The number of rotatable bonds is 4. The highest BCUT2D eigenvalue weighted by atomic mass is 16.4. The average molecular weight is 357 g/mol. The Morgan fingerprint density at radius 2 is 1.76 bits per heavy atom. The second kappa shape index (κ2) is 6.31. The zero-order valence-corrected chi connectivity index (χ0v) is 16.2. The molecule has 0 aromatic carbocycles. The molecule has 0 bridgehead atoms. The maximum atomic E-state index is 11.1. The molecule has 0 radical (unpaired) electrons. The van der Waals surface area contributed by atoms with E-state index in [9.17, 15) is 25.5 Å². The molecular weight excluding hydrogens is 320 g/mol. The highest BCUT2D eigenvalue weighted by molar-refractivity contribution is 5.15. The predicted molar refractivity (Wildman–Crippen MR) is 96.8 cm³/mol. The van der Waals surface area contributed by atoms with Crippen molar-refractivity contribution in [2.75, 3.05) is 0 Å². The molecule has 0 unspecified atom stereocenters. The van der Waals surface area contributed by atoms with E-state index in [-0.39, 0.29) is 17.8 Å². The second-order valence-corrected chi connectivity index (χ2v) is 9.72. The Hall–Kier alpha value is -0.460. The summed E-state index contributed by atoms with van der Waals surface area (Å²) in [7, 11) is 0. The van der Waals surface area contributed by atoms with Gasteiger partial charge >= 0.3 is 0 Å². The first-order valence-electron chi connectivity index (χ1n) is 9.34. The van der Waals surface area contributed by atoms with Gasteiger partial charge in [0, 0.05) is 0 Å². The van der Waals surface area contributed by atoms with Crippen LogP contribution in [0.4, 0.5) is 0 Å². The Labute approximate surface area is 151 Å². The smallest absolute Gasteiger partial charge is 0.109 e. The fraction of sp³-hybridized carbons (Fsp3) is 0.900. The lowest BCUT2D eigenvalue weighted by Gasteiger charge is -2.64. The Morgan fingerprint density at radius 3 is 2.28 bits per heavy atom. The van der Waals surface area contributed by atoms with Crippen molar-refractivity contribution in [3.05, 3.63) is 12.7 Å². The predicted octanol–water partition coefficient (Wildman–Crippen LogP) is 1.61. The Kier molecular flexibility index (Phi) is 5.26. The molecule has 25 heavy (non-hydrogen) atoms. The minimum absolute atomic E-state index is 0.124. The van der Waals surface area contributed by atoms with Crippen LogP contribution in [0.2, 0.25) is 0 Å². The van der Waals surface area contributed by atoms with E-state index >= 15 is 0 Å². The number of aliphatic hydroxyl groups is 5. The van der Waals surface area contributed by atoms with Crippen LogP contribution >= 0.6 is 0 Å². The van der Waals surface area contributed by atoms with Gasteiger partial charge in [0.15, 0.2) is 0 Å². The lowest BCUT2D eigenvalue weighted by atomic mass is 9.43. The third-order valence-electron chi connectivity index (χ3n) is 7.40. The van der Waals surface area contributed by atoms with E-state index in [1.165, 1.54) is 19.9 Å². The largest absolute Gasteiger partial charge is 0.390 e. The second-order valence-electron chi connectivity index (χ2n) is 9.72. The van der Waals surface area contributed by atoms with E-state index in [0.717, 1.165) is 19.3 Å². The van der Waals surface area contributed by atoms with Crippen LogP contribution in [0.5, 0.6) is 0 Å². The highest BCUT2D eigenvalue weighted by Crippen LogP contribution is 2.63. The molecule has 0 aromatic rings. The number of hydrogen-bond donors (Lipinski definition) is 5. The van der Waals surface area contributed by atoms with Gasteiger partial charge in [-0.3, -0.25) is 0 Å². The fourth-order valence-electron chi connectivity index (χ4n) is 5.88. The van der Waals surface area contributed by atoms with E-state index in [4.69, 9.17) is 0 Å². The van der Waals surface area contributed by atoms with E-state index in [0.29, 0.717) is 0 Å². The Morgan fingerprint density at radius 1 is 1.20 bits per heavy atom. The normalized spacial score (nSPS) is 47.4. The fourth-order valence-corrected chi connectivity index (χ4v) is 5.88. The Balaban J connectivity index is 2.49. The summed E-state index contributed by atoms with van der Waals surface area (Å²) in [6.45, 7) is 12.8. The molecule has 0 saturated heterocycles. The van der Waals surface area contributed by atoms with Crippen molar-refractivity contribution in [2.24, 2.45) is 22.7 Å². The first-order chi connectivity index (χ1) is 11.2. The third-order valence-corrected chi connectivity index (χ3v) is 7.40. The molecule has 5 heteroatoms. The molecule has 5 nitrogen and oxygen atoms in total. The average Bonchev–Trinajstić information content (AvgIpc) is 2.48. The summed E-state index contributed by atoms with van der Waals surface area (Å²) < 4.78 is 0. The van der Waals surface area contributed by atoms with Gasteiger partial charge in [-0.05, 0) is 55.8 Å². The first kappa shape index (κ1) is 20.8.